The molecule has 0 aliphatic heterocycles. The summed E-state index contributed by atoms with van der Waals surface area (Å²) >= 11 is 0. The molecule has 0 aromatic heterocycles. The molecule has 4 amide bonds. The van der Waals surface area contributed by atoms with Gasteiger partial charge in [-0.05, 0) is 43.0 Å². The number of amides is 4. The second kappa shape index (κ2) is 9.74. The summed E-state index contributed by atoms with van der Waals surface area (Å²) in [4.78, 5) is 35.3. The van der Waals surface area contributed by atoms with Crippen LogP contribution in [-0.2, 0) is 9.59 Å². The van der Waals surface area contributed by atoms with Crippen molar-refractivity contribution in [1.29, 1.82) is 0 Å². The molecular formula is C18H25FN4O3. The van der Waals surface area contributed by atoms with Crippen LogP contribution in [0.5, 0.6) is 0 Å². The zero-order chi connectivity index (χ0) is 18.9. The molecule has 0 heterocycles. The minimum Gasteiger partial charge on any atom is -0.345 e. The highest BCUT2D eigenvalue weighted by Gasteiger charge is 2.22. The first kappa shape index (κ1) is 19.7. The summed E-state index contributed by atoms with van der Waals surface area (Å²) in [6.45, 7) is 1.66. The molecule has 2 unspecified atom stereocenters. The highest BCUT2D eigenvalue weighted by molar-refractivity contribution is 5.95. The first-order valence-electron chi connectivity index (χ1n) is 8.80. The molecule has 0 radical (unpaired) electrons. The SMILES string of the molecule is CC1CCCCC1NC(=O)NCC(=O)NCC(=O)Nc1ccc(F)cc1. The Morgan fingerprint density at radius 1 is 1.00 bits per heavy atom. The van der Waals surface area contributed by atoms with E-state index in [1.165, 1.54) is 30.7 Å². The lowest BCUT2D eigenvalue weighted by Crippen LogP contribution is -2.48. The summed E-state index contributed by atoms with van der Waals surface area (Å²) in [5, 5.41) is 10.3. The van der Waals surface area contributed by atoms with Crippen LogP contribution in [0.2, 0.25) is 0 Å². The van der Waals surface area contributed by atoms with Crippen molar-refractivity contribution in [2.75, 3.05) is 18.4 Å². The maximum Gasteiger partial charge on any atom is 0.315 e. The number of carbonyl (C=O) groups excluding carboxylic acids is 3. The molecule has 142 valence electrons. The molecule has 2 atom stereocenters. The molecule has 26 heavy (non-hydrogen) atoms. The minimum absolute atomic E-state index is 0.133. The van der Waals surface area contributed by atoms with Gasteiger partial charge in [0.05, 0.1) is 13.1 Å². The lowest BCUT2D eigenvalue weighted by Gasteiger charge is -2.29. The molecule has 0 spiro atoms. The zero-order valence-electron chi connectivity index (χ0n) is 14.8. The van der Waals surface area contributed by atoms with Crippen LogP contribution in [0.25, 0.3) is 0 Å². The van der Waals surface area contributed by atoms with Gasteiger partial charge < -0.3 is 21.3 Å². The van der Waals surface area contributed by atoms with Crippen LogP contribution >= 0.6 is 0 Å². The number of hydrogen-bond donors (Lipinski definition) is 4. The van der Waals surface area contributed by atoms with Gasteiger partial charge in [-0.3, -0.25) is 9.59 Å². The highest BCUT2D eigenvalue weighted by Crippen LogP contribution is 2.23. The van der Waals surface area contributed by atoms with Crippen LogP contribution in [0.3, 0.4) is 0 Å². The predicted octanol–water partition coefficient (Wildman–Crippen LogP) is 1.76. The van der Waals surface area contributed by atoms with Crippen LogP contribution in [-0.4, -0.2) is 37.0 Å². The number of halogens is 1. The number of carbonyl (C=O) groups is 3. The van der Waals surface area contributed by atoms with Gasteiger partial charge >= 0.3 is 6.03 Å². The van der Waals surface area contributed by atoms with Gasteiger partial charge in [-0.2, -0.15) is 0 Å². The Labute approximate surface area is 152 Å². The first-order valence-corrected chi connectivity index (χ1v) is 8.80. The third kappa shape index (κ3) is 6.70. The van der Waals surface area contributed by atoms with Crippen molar-refractivity contribution < 1.29 is 18.8 Å². The van der Waals surface area contributed by atoms with Crippen molar-refractivity contribution in [1.82, 2.24) is 16.0 Å². The molecule has 0 saturated heterocycles. The molecule has 4 N–H and O–H groups in total. The molecular weight excluding hydrogens is 339 g/mol. The molecule has 1 fully saturated rings. The topological polar surface area (TPSA) is 99.3 Å². The fourth-order valence-corrected chi connectivity index (χ4v) is 2.89. The number of nitrogens with one attached hydrogen (secondary N) is 4. The van der Waals surface area contributed by atoms with Gasteiger partial charge in [0, 0.05) is 11.7 Å². The van der Waals surface area contributed by atoms with E-state index < -0.39 is 17.6 Å². The largest absolute Gasteiger partial charge is 0.345 e. The number of benzene rings is 1. The van der Waals surface area contributed by atoms with Crippen LogP contribution in [0.15, 0.2) is 24.3 Å². The molecule has 1 saturated carbocycles. The Kier molecular flexibility index (Phi) is 7.37. The van der Waals surface area contributed by atoms with E-state index in [0.29, 0.717) is 11.6 Å². The normalized spacial score (nSPS) is 19.3. The standard InChI is InChI=1S/C18H25FN4O3/c1-12-4-2-3-5-15(12)23-18(26)21-10-16(24)20-11-17(25)22-14-8-6-13(19)7-9-14/h6-9,12,15H,2-5,10-11H2,1H3,(H,20,24)(H,22,25)(H2,21,23,26). The van der Waals surface area contributed by atoms with Crippen molar-refractivity contribution >= 4 is 23.5 Å². The molecule has 1 aromatic rings. The van der Waals surface area contributed by atoms with Gasteiger partial charge in [-0.1, -0.05) is 19.8 Å². The van der Waals surface area contributed by atoms with E-state index in [1.807, 2.05) is 0 Å². The Morgan fingerprint density at radius 3 is 2.35 bits per heavy atom. The number of urea groups is 1. The Hall–Kier alpha value is -2.64. The second-order valence-electron chi connectivity index (χ2n) is 6.53. The molecule has 7 nitrogen and oxygen atoms in total. The molecule has 0 bridgehead atoms. The van der Waals surface area contributed by atoms with Gasteiger partial charge in [-0.15, -0.1) is 0 Å². The summed E-state index contributed by atoms with van der Waals surface area (Å²) in [5.41, 5.74) is 0.435. The summed E-state index contributed by atoms with van der Waals surface area (Å²) in [7, 11) is 0. The molecule has 1 aliphatic rings. The average molecular weight is 364 g/mol. The average Bonchev–Trinajstić information content (AvgIpc) is 2.62. The summed E-state index contributed by atoms with van der Waals surface area (Å²) in [5.74, 6) is -0.877. The van der Waals surface area contributed by atoms with Gasteiger partial charge in [0.15, 0.2) is 0 Å². The zero-order valence-corrected chi connectivity index (χ0v) is 14.8. The highest BCUT2D eigenvalue weighted by atomic mass is 19.1. The Balaban J connectivity index is 1.62. The van der Waals surface area contributed by atoms with E-state index in [4.69, 9.17) is 0 Å². The number of hydrogen-bond acceptors (Lipinski definition) is 3. The van der Waals surface area contributed by atoms with Crippen molar-refractivity contribution in [2.45, 2.75) is 38.6 Å². The monoisotopic (exact) mass is 364 g/mol. The maximum absolute atomic E-state index is 12.8. The number of anilines is 1. The van der Waals surface area contributed by atoms with Crippen LogP contribution in [0.1, 0.15) is 32.6 Å². The second-order valence-corrected chi connectivity index (χ2v) is 6.53. The fraction of sp³-hybridized carbons (Fsp3) is 0.500. The number of rotatable bonds is 6. The molecule has 8 heteroatoms. The Bertz CT molecular complexity index is 636. The lowest BCUT2D eigenvalue weighted by atomic mass is 9.86. The third-order valence-electron chi connectivity index (χ3n) is 4.41. The van der Waals surface area contributed by atoms with Gasteiger partial charge in [0.1, 0.15) is 5.82 Å². The molecule has 1 aromatic carbocycles. The third-order valence-corrected chi connectivity index (χ3v) is 4.41. The van der Waals surface area contributed by atoms with Crippen LogP contribution in [0.4, 0.5) is 14.9 Å². The minimum atomic E-state index is -0.467. The van der Waals surface area contributed by atoms with E-state index in [1.54, 1.807) is 0 Å². The molecule has 1 aliphatic carbocycles. The van der Waals surface area contributed by atoms with Crippen LogP contribution in [0, 0.1) is 11.7 Å². The maximum atomic E-state index is 12.8. The van der Waals surface area contributed by atoms with E-state index in [9.17, 15) is 18.8 Å². The van der Waals surface area contributed by atoms with Crippen molar-refractivity contribution in [3.63, 3.8) is 0 Å². The van der Waals surface area contributed by atoms with Crippen molar-refractivity contribution in [3.8, 4) is 0 Å². The smallest absolute Gasteiger partial charge is 0.315 e. The van der Waals surface area contributed by atoms with E-state index in [0.717, 1.165) is 19.3 Å². The first-order chi connectivity index (χ1) is 12.4. The van der Waals surface area contributed by atoms with E-state index in [2.05, 4.69) is 28.2 Å². The predicted molar refractivity (Wildman–Crippen MR) is 96.0 cm³/mol. The van der Waals surface area contributed by atoms with Gasteiger partial charge in [0.25, 0.3) is 0 Å². The lowest BCUT2D eigenvalue weighted by molar-refractivity contribution is -0.123. The van der Waals surface area contributed by atoms with E-state index in [-0.39, 0.29) is 25.2 Å². The van der Waals surface area contributed by atoms with Crippen LogP contribution < -0.4 is 21.3 Å². The van der Waals surface area contributed by atoms with Crippen molar-refractivity contribution in [3.05, 3.63) is 30.1 Å². The fourth-order valence-electron chi connectivity index (χ4n) is 2.89. The Morgan fingerprint density at radius 2 is 1.65 bits per heavy atom. The molecule has 2 rings (SSSR count). The van der Waals surface area contributed by atoms with Gasteiger partial charge in [0.2, 0.25) is 11.8 Å². The summed E-state index contributed by atoms with van der Waals surface area (Å²) in [6.07, 6.45) is 4.32. The summed E-state index contributed by atoms with van der Waals surface area (Å²) in [6, 6.07) is 5.05. The van der Waals surface area contributed by atoms with Crippen molar-refractivity contribution in [2.24, 2.45) is 5.92 Å². The van der Waals surface area contributed by atoms with E-state index >= 15 is 0 Å². The summed E-state index contributed by atoms with van der Waals surface area (Å²) < 4.78 is 12.8. The quantitative estimate of drug-likeness (QED) is 0.619. The van der Waals surface area contributed by atoms with Gasteiger partial charge in [-0.25, -0.2) is 9.18 Å².